The second-order valence-electron chi connectivity index (χ2n) is 8.75. The highest BCUT2D eigenvalue weighted by Crippen LogP contribution is 2.33. The van der Waals surface area contributed by atoms with Crippen LogP contribution in [0.4, 0.5) is 5.69 Å². The lowest BCUT2D eigenvalue weighted by molar-refractivity contribution is 0.0295. The maximum absolute atomic E-state index is 13.7. The molecule has 0 bridgehead atoms. The van der Waals surface area contributed by atoms with Crippen LogP contribution >= 0.6 is 0 Å². The molecule has 6 heteroatoms. The standard InChI is InChI=1S/C25H36N4O2/c1-5-26-10-12-27(13-11-26)23-20(3)24(25(30)28-14-16-31-17-15-28)29(21(23)4)18-22-9-7-6-8-19(22)2/h6-9H,5,10-18H2,1-4H3. The minimum Gasteiger partial charge on any atom is -0.378 e. The van der Waals surface area contributed by atoms with Crippen molar-refractivity contribution in [2.75, 3.05) is 63.9 Å². The van der Waals surface area contributed by atoms with E-state index in [4.69, 9.17) is 4.74 Å². The number of aryl methyl sites for hydroxylation is 1. The summed E-state index contributed by atoms with van der Waals surface area (Å²) in [6.07, 6.45) is 0. The van der Waals surface area contributed by atoms with Crippen molar-refractivity contribution in [3.8, 4) is 0 Å². The number of rotatable bonds is 5. The van der Waals surface area contributed by atoms with Gasteiger partial charge in [0.25, 0.3) is 5.91 Å². The summed E-state index contributed by atoms with van der Waals surface area (Å²) in [6.45, 7) is 17.2. The average molecular weight is 425 g/mol. The molecule has 1 aromatic carbocycles. The quantitative estimate of drug-likeness (QED) is 0.740. The molecule has 0 saturated carbocycles. The van der Waals surface area contributed by atoms with Crippen molar-refractivity contribution < 1.29 is 9.53 Å². The normalized spacial score (nSPS) is 17.9. The molecule has 4 rings (SSSR count). The van der Waals surface area contributed by atoms with E-state index in [1.54, 1.807) is 0 Å². The van der Waals surface area contributed by atoms with Gasteiger partial charge in [-0.25, -0.2) is 0 Å². The molecule has 1 aromatic heterocycles. The Morgan fingerprint density at radius 2 is 1.65 bits per heavy atom. The van der Waals surface area contributed by atoms with Crippen molar-refractivity contribution in [1.29, 1.82) is 0 Å². The molecule has 2 aliphatic heterocycles. The highest BCUT2D eigenvalue weighted by Gasteiger charge is 2.30. The fourth-order valence-electron chi connectivity index (χ4n) is 4.98. The predicted molar refractivity (Wildman–Crippen MR) is 125 cm³/mol. The van der Waals surface area contributed by atoms with Gasteiger partial charge >= 0.3 is 0 Å². The van der Waals surface area contributed by atoms with E-state index in [1.165, 1.54) is 22.5 Å². The van der Waals surface area contributed by atoms with E-state index in [9.17, 15) is 4.79 Å². The van der Waals surface area contributed by atoms with Crippen molar-refractivity contribution in [1.82, 2.24) is 14.4 Å². The first kappa shape index (κ1) is 21.9. The number of anilines is 1. The minimum absolute atomic E-state index is 0.135. The fraction of sp³-hybridized carbons (Fsp3) is 0.560. The molecule has 2 aromatic rings. The van der Waals surface area contributed by atoms with Crippen molar-refractivity contribution in [3.63, 3.8) is 0 Å². The lowest BCUT2D eigenvalue weighted by Gasteiger charge is -2.36. The molecule has 0 aliphatic carbocycles. The number of morpholine rings is 1. The summed E-state index contributed by atoms with van der Waals surface area (Å²) in [5.74, 6) is 0.135. The summed E-state index contributed by atoms with van der Waals surface area (Å²) in [6, 6.07) is 8.48. The van der Waals surface area contributed by atoms with Crippen molar-refractivity contribution in [3.05, 3.63) is 52.3 Å². The van der Waals surface area contributed by atoms with Gasteiger partial charge in [0.05, 0.1) is 18.9 Å². The highest BCUT2D eigenvalue weighted by molar-refractivity contribution is 5.96. The van der Waals surface area contributed by atoms with Gasteiger partial charge in [0.1, 0.15) is 5.69 Å². The molecule has 0 N–H and O–H groups in total. The third kappa shape index (κ3) is 4.37. The molecule has 0 spiro atoms. The van der Waals surface area contributed by atoms with Gasteiger partial charge in [-0.1, -0.05) is 31.2 Å². The molecule has 0 unspecified atom stereocenters. The maximum Gasteiger partial charge on any atom is 0.271 e. The Hall–Kier alpha value is -2.31. The van der Waals surface area contributed by atoms with Crippen LogP contribution in [0.2, 0.25) is 0 Å². The zero-order chi connectivity index (χ0) is 22.0. The van der Waals surface area contributed by atoms with Gasteiger partial charge < -0.3 is 24.0 Å². The number of likely N-dealkylation sites (N-methyl/N-ethyl adjacent to an activating group) is 1. The number of aromatic nitrogens is 1. The first-order valence-corrected chi connectivity index (χ1v) is 11.6. The summed E-state index contributed by atoms with van der Waals surface area (Å²) >= 11 is 0. The summed E-state index contributed by atoms with van der Waals surface area (Å²) in [7, 11) is 0. The number of nitrogens with zero attached hydrogens (tertiary/aromatic N) is 4. The Balaban J connectivity index is 1.74. The molecule has 168 valence electrons. The van der Waals surface area contributed by atoms with Crippen LogP contribution in [0.3, 0.4) is 0 Å². The van der Waals surface area contributed by atoms with Gasteiger partial charge in [-0.15, -0.1) is 0 Å². The van der Waals surface area contributed by atoms with E-state index in [2.05, 4.69) is 66.3 Å². The topological polar surface area (TPSA) is 40.9 Å². The second-order valence-corrected chi connectivity index (χ2v) is 8.75. The third-order valence-corrected chi connectivity index (χ3v) is 6.95. The van der Waals surface area contributed by atoms with Crippen LogP contribution in [0.1, 0.15) is 39.8 Å². The van der Waals surface area contributed by atoms with Gasteiger partial charge in [0, 0.05) is 57.1 Å². The van der Waals surface area contributed by atoms with Crippen LogP contribution in [-0.2, 0) is 11.3 Å². The molecular formula is C25H36N4O2. The largest absolute Gasteiger partial charge is 0.378 e. The molecule has 2 saturated heterocycles. The Kier molecular flexibility index (Phi) is 6.68. The zero-order valence-electron chi connectivity index (χ0n) is 19.5. The van der Waals surface area contributed by atoms with E-state index < -0.39 is 0 Å². The molecule has 31 heavy (non-hydrogen) atoms. The Labute approximate surface area is 186 Å². The molecule has 1 amide bonds. The number of hydrogen-bond donors (Lipinski definition) is 0. The summed E-state index contributed by atoms with van der Waals surface area (Å²) in [5.41, 5.74) is 6.93. The number of carbonyl (C=O) groups is 1. The number of benzene rings is 1. The van der Waals surface area contributed by atoms with Gasteiger partial charge in [-0.2, -0.15) is 0 Å². The fourth-order valence-corrected chi connectivity index (χ4v) is 4.98. The smallest absolute Gasteiger partial charge is 0.271 e. The first-order valence-electron chi connectivity index (χ1n) is 11.6. The Bertz CT molecular complexity index is 922. The zero-order valence-corrected chi connectivity index (χ0v) is 19.5. The average Bonchev–Trinajstić information content (AvgIpc) is 3.04. The van der Waals surface area contributed by atoms with Crippen LogP contribution in [0.25, 0.3) is 0 Å². The van der Waals surface area contributed by atoms with Crippen molar-refractivity contribution in [2.45, 2.75) is 34.2 Å². The van der Waals surface area contributed by atoms with E-state index in [1.807, 2.05) is 4.90 Å². The summed E-state index contributed by atoms with van der Waals surface area (Å²) in [5, 5.41) is 0. The van der Waals surface area contributed by atoms with Gasteiger partial charge in [-0.05, 0) is 38.4 Å². The van der Waals surface area contributed by atoms with Gasteiger partial charge in [-0.3, -0.25) is 4.79 Å². The third-order valence-electron chi connectivity index (χ3n) is 6.95. The number of amides is 1. The monoisotopic (exact) mass is 424 g/mol. The number of hydrogen-bond acceptors (Lipinski definition) is 4. The number of carbonyl (C=O) groups excluding carboxylic acids is 1. The molecule has 2 aliphatic rings. The molecule has 0 radical (unpaired) electrons. The van der Waals surface area contributed by atoms with Crippen LogP contribution in [-0.4, -0.2) is 79.3 Å². The number of piperazine rings is 1. The van der Waals surface area contributed by atoms with E-state index in [0.717, 1.165) is 50.5 Å². The van der Waals surface area contributed by atoms with Crippen LogP contribution in [0.5, 0.6) is 0 Å². The van der Waals surface area contributed by atoms with Crippen molar-refractivity contribution >= 4 is 11.6 Å². The summed E-state index contributed by atoms with van der Waals surface area (Å²) in [4.78, 5) is 20.6. The number of ether oxygens (including phenoxy) is 1. The minimum atomic E-state index is 0.135. The lowest BCUT2D eigenvalue weighted by Crippen LogP contribution is -2.46. The Morgan fingerprint density at radius 1 is 0.968 bits per heavy atom. The first-order chi connectivity index (χ1) is 15.0. The molecule has 3 heterocycles. The van der Waals surface area contributed by atoms with E-state index >= 15 is 0 Å². The second kappa shape index (κ2) is 9.45. The van der Waals surface area contributed by atoms with Crippen LogP contribution in [0.15, 0.2) is 24.3 Å². The van der Waals surface area contributed by atoms with Crippen molar-refractivity contribution in [2.24, 2.45) is 0 Å². The van der Waals surface area contributed by atoms with Gasteiger partial charge in [0.2, 0.25) is 0 Å². The van der Waals surface area contributed by atoms with E-state index in [-0.39, 0.29) is 5.91 Å². The lowest BCUT2D eigenvalue weighted by atomic mass is 10.1. The summed E-state index contributed by atoms with van der Waals surface area (Å²) < 4.78 is 7.75. The molecular weight excluding hydrogens is 388 g/mol. The van der Waals surface area contributed by atoms with E-state index in [0.29, 0.717) is 26.3 Å². The van der Waals surface area contributed by atoms with Crippen LogP contribution < -0.4 is 4.90 Å². The van der Waals surface area contributed by atoms with Crippen LogP contribution in [0, 0.1) is 20.8 Å². The molecule has 2 fully saturated rings. The SMILES string of the molecule is CCN1CCN(c2c(C)c(C(=O)N3CCOCC3)n(Cc3ccccc3C)c2C)CC1. The predicted octanol–water partition coefficient (Wildman–Crippen LogP) is 3.08. The van der Waals surface area contributed by atoms with Gasteiger partial charge in [0.15, 0.2) is 0 Å². The molecule has 0 atom stereocenters. The molecule has 6 nitrogen and oxygen atoms in total. The Morgan fingerprint density at radius 3 is 2.29 bits per heavy atom. The highest BCUT2D eigenvalue weighted by atomic mass is 16.5. The maximum atomic E-state index is 13.7.